The number of carbonyl (C=O) groups is 1. The van der Waals surface area contributed by atoms with Crippen LogP contribution in [0.3, 0.4) is 0 Å². The standard InChI is InChI=1S/C16H14N2O2/c1-11-2-4-12(5-3-11)10-18-15-7-6-13(16(19)20)8-14(15)9-17-18/h2-9H,10H2,1H3,(H,19,20). The van der Waals surface area contributed by atoms with Gasteiger partial charge >= 0.3 is 5.97 Å². The predicted molar refractivity (Wildman–Crippen MR) is 77.0 cm³/mol. The van der Waals surface area contributed by atoms with Crippen molar-refractivity contribution in [1.82, 2.24) is 9.78 Å². The highest BCUT2D eigenvalue weighted by atomic mass is 16.4. The molecule has 3 rings (SSSR count). The van der Waals surface area contributed by atoms with E-state index in [0.29, 0.717) is 6.54 Å². The largest absolute Gasteiger partial charge is 0.478 e. The fourth-order valence-electron chi connectivity index (χ4n) is 2.21. The smallest absolute Gasteiger partial charge is 0.335 e. The summed E-state index contributed by atoms with van der Waals surface area (Å²) in [5.74, 6) is -0.918. The van der Waals surface area contributed by atoms with Crippen molar-refractivity contribution in [2.45, 2.75) is 13.5 Å². The fraction of sp³-hybridized carbons (Fsp3) is 0.125. The summed E-state index contributed by atoms with van der Waals surface area (Å²) in [5, 5.41) is 14.2. The van der Waals surface area contributed by atoms with Gasteiger partial charge in [0.05, 0.1) is 23.8 Å². The Morgan fingerprint density at radius 3 is 2.65 bits per heavy atom. The summed E-state index contributed by atoms with van der Waals surface area (Å²) in [4.78, 5) is 10.9. The van der Waals surface area contributed by atoms with Gasteiger partial charge in [-0.3, -0.25) is 4.68 Å². The third-order valence-corrected chi connectivity index (χ3v) is 3.34. The average molecular weight is 266 g/mol. The van der Waals surface area contributed by atoms with Gasteiger partial charge in [-0.05, 0) is 30.7 Å². The number of benzene rings is 2. The van der Waals surface area contributed by atoms with E-state index in [4.69, 9.17) is 5.11 Å². The molecule has 0 aliphatic heterocycles. The van der Waals surface area contributed by atoms with Crippen LogP contribution >= 0.6 is 0 Å². The normalized spacial score (nSPS) is 10.8. The summed E-state index contributed by atoms with van der Waals surface area (Å²) < 4.78 is 1.88. The highest BCUT2D eigenvalue weighted by molar-refractivity contribution is 5.93. The molecule has 0 saturated carbocycles. The van der Waals surface area contributed by atoms with Crippen molar-refractivity contribution in [2.75, 3.05) is 0 Å². The van der Waals surface area contributed by atoms with Gasteiger partial charge in [-0.2, -0.15) is 5.10 Å². The Kier molecular flexibility index (Phi) is 2.99. The lowest BCUT2D eigenvalue weighted by Gasteiger charge is -2.04. The molecule has 1 heterocycles. The molecule has 0 radical (unpaired) electrons. The third kappa shape index (κ3) is 2.28. The van der Waals surface area contributed by atoms with Crippen LogP contribution in [0.2, 0.25) is 0 Å². The number of aromatic carboxylic acids is 1. The van der Waals surface area contributed by atoms with Crippen LogP contribution in [0.15, 0.2) is 48.7 Å². The monoisotopic (exact) mass is 266 g/mol. The number of hydrogen-bond donors (Lipinski definition) is 1. The van der Waals surface area contributed by atoms with Crippen LogP contribution in [0.4, 0.5) is 0 Å². The first-order chi connectivity index (χ1) is 9.63. The molecule has 0 bridgehead atoms. The number of carboxylic acids is 1. The minimum absolute atomic E-state index is 0.285. The van der Waals surface area contributed by atoms with E-state index in [9.17, 15) is 4.79 Å². The molecule has 2 aromatic carbocycles. The van der Waals surface area contributed by atoms with Gasteiger partial charge in [-0.1, -0.05) is 29.8 Å². The second-order valence-electron chi connectivity index (χ2n) is 4.87. The summed E-state index contributed by atoms with van der Waals surface area (Å²) in [6.45, 7) is 2.73. The van der Waals surface area contributed by atoms with Crippen LogP contribution < -0.4 is 0 Å². The molecular formula is C16H14N2O2. The molecule has 100 valence electrons. The van der Waals surface area contributed by atoms with Gasteiger partial charge in [-0.25, -0.2) is 4.79 Å². The number of carboxylic acid groups (broad SMARTS) is 1. The van der Waals surface area contributed by atoms with Crippen molar-refractivity contribution in [3.05, 3.63) is 65.4 Å². The van der Waals surface area contributed by atoms with Gasteiger partial charge in [0, 0.05) is 5.39 Å². The zero-order chi connectivity index (χ0) is 14.1. The maximum absolute atomic E-state index is 10.9. The zero-order valence-electron chi connectivity index (χ0n) is 11.1. The van der Waals surface area contributed by atoms with Crippen molar-refractivity contribution < 1.29 is 9.90 Å². The number of nitrogens with zero attached hydrogens (tertiary/aromatic N) is 2. The molecule has 0 saturated heterocycles. The van der Waals surface area contributed by atoms with E-state index in [0.717, 1.165) is 10.9 Å². The second-order valence-corrected chi connectivity index (χ2v) is 4.87. The van der Waals surface area contributed by atoms with Crippen molar-refractivity contribution in [2.24, 2.45) is 0 Å². The molecule has 0 spiro atoms. The molecule has 4 nitrogen and oxygen atoms in total. The summed E-state index contributed by atoms with van der Waals surface area (Å²) in [5.41, 5.74) is 3.62. The molecular weight excluding hydrogens is 252 g/mol. The second kappa shape index (κ2) is 4.81. The Balaban J connectivity index is 1.96. The zero-order valence-corrected chi connectivity index (χ0v) is 11.1. The molecule has 1 aromatic heterocycles. The van der Waals surface area contributed by atoms with E-state index in [-0.39, 0.29) is 5.56 Å². The summed E-state index contributed by atoms with van der Waals surface area (Å²) in [6, 6.07) is 13.4. The highest BCUT2D eigenvalue weighted by Crippen LogP contribution is 2.17. The fourth-order valence-corrected chi connectivity index (χ4v) is 2.21. The molecule has 0 amide bonds. The lowest BCUT2D eigenvalue weighted by atomic mass is 10.1. The Labute approximate surface area is 116 Å². The van der Waals surface area contributed by atoms with E-state index < -0.39 is 5.97 Å². The van der Waals surface area contributed by atoms with Gasteiger partial charge in [-0.15, -0.1) is 0 Å². The van der Waals surface area contributed by atoms with E-state index >= 15 is 0 Å². The maximum Gasteiger partial charge on any atom is 0.335 e. The molecule has 0 fully saturated rings. The van der Waals surface area contributed by atoms with Crippen LogP contribution in [-0.4, -0.2) is 20.9 Å². The Bertz CT molecular complexity index is 773. The Morgan fingerprint density at radius 1 is 1.20 bits per heavy atom. The minimum atomic E-state index is -0.918. The summed E-state index contributed by atoms with van der Waals surface area (Å²) >= 11 is 0. The molecule has 1 N–H and O–H groups in total. The maximum atomic E-state index is 10.9. The van der Waals surface area contributed by atoms with Crippen molar-refractivity contribution >= 4 is 16.9 Å². The number of aromatic nitrogens is 2. The van der Waals surface area contributed by atoms with Gasteiger partial charge in [0.2, 0.25) is 0 Å². The van der Waals surface area contributed by atoms with Crippen LogP contribution in [0, 0.1) is 6.92 Å². The van der Waals surface area contributed by atoms with Crippen molar-refractivity contribution in [1.29, 1.82) is 0 Å². The van der Waals surface area contributed by atoms with Gasteiger partial charge in [0.1, 0.15) is 0 Å². The molecule has 0 unspecified atom stereocenters. The van der Waals surface area contributed by atoms with Crippen LogP contribution in [0.25, 0.3) is 10.9 Å². The number of rotatable bonds is 3. The lowest BCUT2D eigenvalue weighted by molar-refractivity contribution is 0.0697. The average Bonchev–Trinajstić information content (AvgIpc) is 2.84. The summed E-state index contributed by atoms with van der Waals surface area (Å²) in [7, 11) is 0. The topological polar surface area (TPSA) is 55.1 Å². The third-order valence-electron chi connectivity index (χ3n) is 3.34. The van der Waals surface area contributed by atoms with Crippen molar-refractivity contribution in [3.8, 4) is 0 Å². The van der Waals surface area contributed by atoms with E-state index in [2.05, 4.69) is 36.3 Å². The number of aryl methyl sites for hydroxylation is 1. The van der Waals surface area contributed by atoms with Gasteiger partial charge < -0.3 is 5.11 Å². The first-order valence-electron chi connectivity index (χ1n) is 6.38. The molecule has 0 aliphatic rings. The van der Waals surface area contributed by atoms with Crippen LogP contribution in [0.1, 0.15) is 21.5 Å². The van der Waals surface area contributed by atoms with E-state index in [1.165, 1.54) is 11.1 Å². The van der Waals surface area contributed by atoms with Crippen LogP contribution in [-0.2, 0) is 6.54 Å². The van der Waals surface area contributed by atoms with Gasteiger partial charge in [0.15, 0.2) is 0 Å². The molecule has 4 heteroatoms. The van der Waals surface area contributed by atoms with Crippen molar-refractivity contribution in [3.63, 3.8) is 0 Å². The SMILES string of the molecule is Cc1ccc(Cn2ncc3cc(C(=O)O)ccc32)cc1. The highest BCUT2D eigenvalue weighted by Gasteiger charge is 2.07. The van der Waals surface area contributed by atoms with Crippen LogP contribution in [0.5, 0.6) is 0 Å². The van der Waals surface area contributed by atoms with E-state index in [1.807, 2.05) is 4.68 Å². The first kappa shape index (κ1) is 12.4. The van der Waals surface area contributed by atoms with E-state index in [1.54, 1.807) is 24.4 Å². The Hall–Kier alpha value is -2.62. The molecule has 3 aromatic rings. The van der Waals surface area contributed by atoms with Gasteiger partial charge in [0.25, 0.3) is 0 Å². The quantitative estimate of drug-likeness (QED) is 0.792. The number of hydrogen-bond acceptors (Lipinski definition) is 2. The Morgan fingerprint density at radius 2 is 1.95 bits per heavy atom. The number of fused-ring (bicyclic) bond motifs is 1. The summed E-state index contributed by atoms with van der Waals surface area (Å²) in [6.07, 6.45) is 1.70. The molecule has 20 heavy (non-hydrogen) atoms. The minimum Gasteiger partial charge on any atom is -0.478 e. The molecule has 0 atom stereocenters. The predicted octanol–water partition coefficient (Wildman–Crippen LogP) is 3.09. The molecule has 0 aliphatic carbocycles. The first-order valence-corrected chi connectivity index (χ1v) is 6.38. The lowest BCUT2D eigenvalue weighted by Crippen LogP contribution is -2.01.